The molecule has 7 heteroatoms. The summed E-state index contributed by atoms with van der Waals surface area (Å²) in [6.45, 7) is 3.33. The minimum absolute atomic E-state index is 0.119. The fraction of sp³-hybridized carbons (Fsp3) is 0.579. The van der Waals surface area contributed by atoms with Gasteiger partial charge in [0.05, 0.1) is 19.6 Å². The van der Waals surface area contributed by atoms with Crippen molar-refractivity contribution in [3.05, 3.63) is 35.9 Å². The highest BCUT2D eigenvalue weighted by Gasteiger charge is 2.24. The summed E-state index contributed by atoms with van der Waals surface area (Å²) in [5.74, 6) is 0.212. The first-order valence-electron chi connectivity index (χ1n) is 9.07. The Kier molecular flexibility index (Phi) is 8.37. The van der Waals surface area contributed by atoms with Gasteiger partial charge in [0, 0.05) is 6.54 Å². The van der Waals surface area contributed by atoms with Crippen LogP contribution < -0.4 is 11.1 Å². The van der Waals surface area contributed by atoms with Gasteiger partial charge in [0.15, 0.2) is 0 Å². The van der Waals surface area contributed by atoms with E-state index in [-0.39, 0.29) is 25.0 Å². The molecule has 1 amide bonds. The number of ether oxygens (including phenoxy) is 2. The van der Waals surface area contributed by atoms with E-state index < -0.39 is 6.09 Å². The first-order valence-corrected chi connectivity index (χ1v) is 9.07. The second kappa shape index (κ2) is 10.8. The van der Waals surface area contributed by atoms with Gasteiger partial charge < -0.3 is 25.4 Å². The van der Waals surface area contributed by atoms with Crippen molar-refractivity contribution in [1.29, 1.82) is 0 Å². The first-order chi connectivity index (χ1) is 12.6. The molecule has 26 heavy (non-hydrogen) atoms. The lowest BCUT2D eigenvalue weighted by molar-refractivity contribution is -0.141. The van der Waals surface area contributed by atoms with E-state index in [0.717, 1.165) is 31.5 Å². The van der Waals surface area contributed by atoms with Crippen LogP contribution in [-0.2, 0) is 20.9 Å². The largest absolute Gasteiger partial charge is 0.469 e. The Bertz CT molecular complexity index is 559. The van der Waals surface area contributed by atoms with Crippen LogP contribution in [0.5, 0.6) is 0 Å². The number of methoxy groups -OCH3 is 1. The molecule has 144 valence electrons. The number of hydrogen-bond acceptors (Lipinski definition) is 6. The second-order valence-electron chi connectivity index (χ2n) is 6.66. The van der Waals surface area contributed by atoms with E-state index in [1.807, 2.05) is 30.3 Å². The third kappa shape index (κ3) is 7.01. The van der Waals surface area contributed by atoms with E-state index in [2.05, 4.69) is 10.2 Å². The summed E-state index contributed by atoms with van der Waals surface area (Å²) in [5, 5.41) is 2.80. The molecule has 3 N–H and O–H groups in total. The van der Waals surface area contributed by atoms with Crippen molar-refractivity contribution in [3.8, 4) is 0 Å². The van der Waals surface area contributed by atoms with E-state index >= 15 is 0 Å². The monoisotopic (exact) mass is 363 g/mol. The molecule has 0 saturated carbocycles. The lowest BCUT2D eigenvalue weighted by atomic mass is 9.96. The molecule has 1 aliphatic heterocycles. The molecule has 7 nitrogen and oxygen atoms in total. The Morgan fingerprint density at radius 2 is 1.96 bits per heavy atom. The van der Waals surface area contributed by atoms with E-state index in [1.165, 1.54) is 7.11 Å². The number of benzene rings is 1. The number of amides is 1. The third-order valence-corrected chi connectivity index (χ3v) is 4.69. The summed E-state index contributed by atoms with van der Waals surface area (Å²) in [6.07, 6.45) is 1.67. The van der Waals surface area contributed by atoms with Crippen molar-refractivity contribution >= 4 is 12.1 Å². The smallest absolute Gasteiger partial charge is 0.407 e. The maximum absolute atomic E-state index is 12.1. The van der Waals surface area contributed by atoms with Crippen molar-refractivity contribution in [2.75, 3.05) is 33.3 Å². The fourth-order valence-electron chi connectivity index (χ4n) is 3.09. The number of nitrogens with zero attached hydrogens (tertiary/aromatic N) is 1. The van der Waals surface area contributed by atoms with Crippen LogP contribution in [0.4, 0.5) is 4.79 Å². The first kappa shape index (κ1) is 20.2. The van der Waals surface area contributed by atoms with Crippen LogP contribution in [0.2, 0.25) is 0 Å². The fourth-order valence-corrected chi connectivity index (χ4v) is 3.09. The zero-order chi connectivity index (χ0) is 18.8. The molecule has 1 atom stereocenters. The average molecular weight is 363 g/mol. The molecule has 0 aromatic heterocycles. The van der Waals surface area contributed by atoms with Gasteiger partial charge in [-0.05, 0) is 44.0 Å². The number of piperidine rings is 1. The quantitative estimate of drug-likeness (QED) is 0.680. The van der Waals surface area contributed by atoms with Crippen molar-refractivity contribution in [3.63, 3.8) is 0 Å². The minimum atomic E-state index is -0.528. The number of likely N-dealkylation sites (tertiary alicyclic amines) is 1. The lowest BCUT2D eigenvalue weighted by Crippen LogP contribution is -2.47. The molecule has 1 saturated heterocycles. The zero-order valence-electron chi connectivity index (χ0n) is 15.4. The van der Waals surface area contributed by atoms with Gasteiger partial charge in [-0.25, -0.2) is 4.79 Å². The number of carbonyl (C=O) groups is 2. The van der Waals surface area contributed by atoms with Crippen LogP contribution >= 0.6 is 0 Å². The minimum Gasteiger partial charge on any atom is -0.469 e. The van der Waals surface area contributed by atoms with Crippen LogP contribution in [0.3, 0.4) is 0 Å². The predicted octanol–water partition coefficient (Wildman–Crippen LogP) is 1.52. The molecule has 1 fully saturated rings. The molecule has 1 heterocycles. The van der Waals surface area contributed by atoms with E-state index in [0.29, 0.717) is 19.0 Å². The number of esters is 1. The number of nitrogens with two attached hydrogens (primary N) is 1. The highest BCUT2D eigenvalue weighted by Crippen LogP contribution is 2.16. The molecule has 2 rings (SSSR count). The lowest BCUT2D eigenvalue weighted by Gasteiger charge is -2.33. The standard InChI is InChI=1S/C19H29N3O4/c1-25-18(23)11-17(13-22-9-7-15(12-20)8-10-22)21-19(24)26-14-16-5-3-2-4-6-16/h2-6,15,17H,7-14,20H2,1H3,(H,21,24). The van der Waals surface area contributed by atoms with Gasteiger partial charge >= 0.3 is 12.1 Å². The van der Waals surface area contributed by atoms with Gasteiger partial charge in [-0.2, -0.15) is 0 Å². The van der Waals surface area contributed by atoms with E-state index in [9.17, 15) is 9.59 Å². The van der Waals surface area contributed by atoms with Gasteiger partial charge in [-0.1, -0.05) is 30.3 Å². The van der Waals surface area contributed by atoms with Gasteiger partial charge in [-0.15, -0.1) is 0 Å². The van der Waals surface area contributed by atoms with Crippen LogP contribution in [-0.4, -0.2) is 56.3 Å². The van der Waals surface area contributed by atoms with Gasteiger partial charge in [-0.3, -0.25) is 4.79 Å². The molecule has 0 spiro atoms. The summed E-state index contributed by atoms with van der Waals surface area (Å²) >= 11 is 0. The van der Waals surface area contributed by atoms with E-state index in [4.69, 9.17) is 15.2 Å². The summed E-state index contributed by atoms with van der Waals surface area (Å²) in [6, 6.07) is 9.12. The maximum atomic E-state index is 12.1. The normalized spacial score (nSPS) is 16.7. The molecule has 0 bridgehead atoms. The highest BCUT2D eigenvalue weighted by molar-refractivity contribution is 5.72. The average Bonchev–Trinajstić information content (AvgIpc) is 2.67. The molecule has 0 aliphatic carbocycles. The molecule has 1 aromatic carbocycles. The number of alkyl carbamates (subject to hydrolysis) is 1. The topological polar surface area (TPSA) is 93.9 Å². The van der Waals surface area contributed by atoms with Crippen molar-refractivity contribution < 1.29 is 19.1 Å². The molecular formula is C19H29N3O4. The Balaban J connectivity index is 1.83. The number of hydrogen-bond donors (Lipinski definition) is 2. The SMILES string of the molecule is COC(=O)CC(CN1CCC(CN)CC1)NC(=O)OCc1ccccc1. The zero-order valence-corrected chi connectivity index (χ0v) is 15.4. The summed E-state index contributed by atoms with van der Waals surface area (Å²) in [5.41, 5.74) is 6.64. The third-order valence-electron chi connectivity index (χ3n) is 4.69. The Morgan fingerprint density at radius 1 is 1.27 bits per heavy atom. The number of rotatable bonds is 8. The molecular weight excluding hydrogens is 334 g/mol. The van der Waals surface area contributed by atoms with Crippen LogP contribution in [0.25, 0.3) is 0 Å². The summed E-state index contributed by atoms with van der Waals surface area (Å²) in [7, 11) is 1.35. The Morgan fingerprint density at radius 3 is 2.58 bits per heavy atom. The van der Waals surface area contributed by atoms with Crippen LogP contribution in [0.15, 0.2) is 30.3 Å². The van der Waals surface area contributed by atoms with E-state index in [1.54, 1.807) is 0 Å². The molecule has 1 aliphatic rings. The number of nitrogens with one attached hydrogen (secondary N) is 1. The Labute approximate surface area is 154 Å². The Hall–Kier alpha value is -2.12. The van der Waals surface area contributed by atoms with Gasteiger partial charge in [0.2, 0.25) is 0 Å². The maximum Gasteiger partial charge on any atom is 0.407 e. The highest BCUT2D eigenvalue weighted by atomic mass is 16.5. The van der Waals surface area contributed by atoms with Crippen molar-refractivity contribution in [2.24, 2.45) is 11.7 Å². The summed E-state index contributed by atoms with van der Waals surface area (Å²) < 4.78 is 10.0. The van der Waals surface area contributed by atoms with Crippen molar-refractivity contribution in [2.45, 2.75) is 31.9 Å². The second-order valence-corrected chi connectivity index (χ2v) is 6.66. The van der Waals surface area contributed by atoms with Crippen LogP contribution in [0.1, 0.15) is 24.8 Å². The van der Waals surface area contributed by atoms with Gasteiger partial charge in [0.25, 0.3) is 0 Å². The molecule has 1 unspecified atom stereocenters. The number of carbonyl (C=O) groups excluding carboxylic acids is 2. The molecule has 0 radical (unpaired) electrons. The predicted molar refractivity (Wildman–Crippen MR) is 98.4 cm³/mol. The van der Waals surface area contributed by atoms with Gasteiger partial charge in [0.1, 0.15) is 6.61 Å². The summed E-state index contributed by atoms with van der Waals surface area (Å²) in [4.78, 5) is 26.0. The van der Waals surface area contributed by atoms with Crippen molar-refractivity contribution in [1.82, 2.24) is 10.2 Å². The van der Waals surface area contributed by atoms with Crippen LogP contribution in [0, 0.1) is 5.92 Å². The molecule has 1 aromatic rings.